The zero-order valence-electron chi connectivity index (χ0n) is 11.1. The minimum Gasteiger partial charge on any atom is -0.398 e. The van der Waals surface area contributed by atoms with Crippen molar-refractivity contribution in [1.82, 2.24) is 10.1 Å². The molecule has 0 fully saturated rings. The largest absolute Gasteiger partial charge is 0.398 e. The topological polar surface area (TPSA) is 64.9 Å². The second kappa shape index (κ2) is 5.18. The van der Waals surface area contributed by atoms with Crippen LogP contribution >= 0.6 is 11.6 Å². The molecule has 3 rings (SSSR count). The van der Waals surface area contributed by atoms with E-state index in [2.05, 4.69) is 10.1 Å². The third-order valence-electron chi connectivity index (χ3n) is 3.09. The lowest BCUT2D eigenvalue weighted by atomic mass is 10.1. The van der Waals surface area contributed by atoms with Crippen molar-refractivity contribution in [2.75, 3.05) is 5.73 Å². The zero-order chi connectivity index (χ0) is 15.0. The maximum Gasteiger partial charge on any atom is 0.258 e. The Balaban J connectivity index is 1.99. The first-order chi connectivity index (χ1) is 10.0. The van der Waals surface area contributed by atoms with Crippen molar-refractivity contribution in [3.05, 3.63) is 52.8 Å². The molecular weight excluding hydrogens is 293 g/mol. The molecule has 0 amide bonds. The highest BCUT2D eigenvalue weighted by Gasteiger charge is 2.12. The van der Waals surface area contributed by atoms with Gasteiger partial charge in [-0.25, -0.2) is 4.39 Å². The van der Waals surface area contributed by atoms with Gasteiger partial charge in [0.15, 0.2) is 0 Å². The van der Waals surface area contributed by atoms with E-state index in [4.69, 9.17) is 21.9 Å². The molecule has 21 heavy (non-hydrogen) atoms. The van der Waals surface area contributed by atoms with Crippen LogP contribution in [0.5, 0.6) is 0 Å². The van der Waals surface area contributed by atoms with Crippen LogP contribution < -0.4 is 5.73 Å². The van der Waals surface area contributed by atoms with Gasteiger partial charge in [0.1, 0.15) is 5.82 Å². The second-order valence-electron chi connectivity index (χ2n) is 4.62. The summed E-state index contributed by atoms with van der Waals surface area (Å²) in [5.74, 6) is 0.449. The Labute approximate surface area is 125 Å². The van der Waals surface area contributed by atoms with Crippen molar-refractivity contribution in [3.8, 4) is 22.8 Å². The van der Waals surface area contributed by atoms with Crippen LogP contribution in [0.1, 0.15) is 5.56 Å². The zero-order valence-corrected chi connectivity index (χ0v) is 11.9. The van der Waals surface area contributed by atoms with Gasteiger partial charge in [-0.05, 0) is 48.9 Å². The Hall–Kier alpha value is -2.40. The molecule has 0 saturated heterocycles. The van der Waals surface area contributed by atoms with Gasteiger partial charge >= 0.3 is 0 Å². The number of halogens is 2. The average molecular weight is 304 g/mol. The van der Waals surface area contributed by atoms with Gasteiger partial charge in [0.05, 0.1) is 10.7 Å². The van der Waals surface area contributed by atoms with Crippen molar-refractivity contribution in [1.29, 1.82) is 0 Å². The number of anilines is 1. The van der Waals surface area contributed by atoms with Crippen LogP contribution in [0.25, 0.3) is 22.8 Å². The van der Waals surface area contributed by atoms with Crippen molar-refractivity contribution in [2.45, 2.75) is 6.92 Å². The molecule has 1 aromatic heterocycles. The molecule has 0 bridgehead atoms. The lowest BCUT2D eigenvalue weighted by molar-refractivity contribution is 0.432. The Bertz CT molecular complexity index is 750. The van der Waals surface area contributed by atoms with Crippen molar-refractivity contribution in [3.63, 3.8) is 0 Å². The van der Waals surface area contributed by atoms with E-state index in [-0.39, 0.29) is 5.82 Å². The number of nitrogen functional groups attached to an aromatic ring is 1. The Kier molecular flexibility index (Phi) is 3.35. The molecule has 0 atom stereocenters. The fraction of sp³-hybridized carbons (Fsp3) is 0.0667. The van der Waals surface area contributed by atoms with Crippen LogP contribution in [0.4, 0.5) is 10.1 Å². The van der Waals surface area contributed by atoms with E-state index >= 15 is 0 Å². The molecule has 106 valence electrons. The Morgan fingerprint density at radius 3 is 2.62 bits per heavy atom. The van der Waals surface area contributed by atoms with Crippen molar-refractivity contribution < 1.29 is 8.91 Å². The summed E-state index contributed by atoms with van der Waals surface area (Å²) in [5.41, 5.74) is 8.07. The second-order valence-corrected chi connectivity index (χ2v) is 5.03. The molecular formula is C15H11ClFN3O. The molecule has 0 aliphatic carbocycles. The highest BCUT2D eigenvalue weighted by molar-refractivity contribution is 6.33. The molecule has 3 aromatic rings. The van der Waals surface area contributed by atoms with Crippen molar-refractivity contribution >= 4 is 17.3 Å². The van der Waals surface area contributed by atoms with Gasteiger partial charge < -0.3 is 10.3 Å². The van der Waals surface area contributed by atoms with Crippen LogP contribution in [0.2, 0.25) is 5.02 Å². The van der Waals surface area contributed by atoms with E-state index in [9.17, 15) is 4.39 Å². The lowest BCUT2D eigenvalue weighted by Crippen LogP contribution is -1.88. The summed E-state index contributed by atoms with van der Waals surface area (Å²) in [7, 11) is 0. The smallest absolute Gasteiger partial charge is 0.258 e. The summed E-state index contributed by atoms with van der Waals surface area (Å²) in [6.07, 6.45) is 0. The van der Waals surface area contributed by atoms with Gasteiger partial charge in [-0.2, -0.15) is 4.98 Å². The molecule has 0 aliphatic heterocycles. The number of nitrogens with two attached hydrogens (primary N) is 1. The third kappa shape index (κ3) is 2.60. The van der Waals surface area contributed by atoms with Gasteiger partial charge in [0, 0.05) is 11.1 Å². The van der Waals surface area contributed by atoms with E-state index in [0.717, 1.165) is 0 Å². The van der Waals surface area contributed by atoms with Crippen LogP contribution in [0, 0.1) is 12.7 Å². The minimum atomic E-state index is -0.270. The highest BCUT2D eigenvalue weighted by Crippen LogP contribution is 2.27. The van der Waals surface area contributed by atoms with Crippen LogP contribution in [-0.4, -0.2) is 10.1 Å². The van der Waals surface area contributed by atoms with Gasteiger partial charge in [-0.15, -0.1) is 0 Å². The summed E-state index contributed by atoms with van der Waals surface area (Å²) >= 11 is 5.87. The molecule has 0 saturated carbocycles. The number of hydrogen-bond acceptors (Lipinski definition) is 4. The predicted octanol–water partition coefficient (Wildman–Crippen LogP) is 4.09. The fourth-order valence-corrected chi connectivity index (χ4v) is 2.04. The Morgan fingerprint density at radius 1 is 1.14 bits per heavy atom. The molecule has 1 heterocycles. The van der Waals surface area contributed by atoms with Gasteiger partial charge in [-0.1, -0.05) is 16.8 Å². The fourth-order valence-electron chi connectivity index (χ4n) is 1.92. The predicted molar refractivity (Wildman–Crippen MR) is 79.3 cm³/mol. The van der Waals surface area contributed by atoms with E-state index in [0.29, 0.717) is 39.1 Å². The quantitative estimate of drug-likeness (QED) is 0.724. The molecule has 2 aromatic carbocycles. The van der Waals surface area contributed by atoms with Gasteiger partial charge in [0.25, 0.3) is 5.89 Å². The van der Waals surface area contributed by atoms with Crippen LogP contribution in [-0.2, 0) is 0 Å². The molecule has 0 aliphatic rings. The summed E-state index contributed by atoms with van der Waals surface area (Å²) in [6.45, 7) is 1.68. The maximum absolute atomic E-state index is 13.3. The summed E-state index contributed by atoms with van der Waals surface area (Å²) in [4.78, 5) is 4.29. The third-order valence-corrected chi connectivity index (χ3v) is 3.43. The normalized spacial score (nSPS) is 10.8. The number of benzene rings is 2. The molecule has 6 heteroatoms. The lowest BCUT2D eigenvalue weighted by Gasteiger charge is -1.99. The Morgan fingerprint density at radius 2 is 1.90 bits per heavy atom. The summed E-state index contributed by atoms with van der Waals surface area (Å²) < 4.78 is 18.5. The first-order valence-corrected chi connectivity index (χ1v) is 6.58. The summed E-state index contributed by atoms with van der Waals surface area (Å²) in [6, 6.07) is 9.72. The first kappa shape index (κ1) is 13.6. The monoisotopic (exact) mass is 303 g/mol. The molecule has 0 spiro atoms. The number of nitrogens with zero attached hydrogens (tertiary/aromatic N) is 2. The average Bonchev–Trinajstić information content (AvgIpc) is 2.94. The van der Waals surface area contributed by atoms with E-state index in [1.807, 2.05) is 0 Å². The standard InChI is InChI=1S/C15H11ClFN3O/c1-8-6-9(3-5-12(8)17)14-19-15(21-20-14)10-2-4-11(16)13(18)7-10/h2-7H,18H2,1H3. The van der Waals surface area contributed by atoms with Crippen LogP contribution in [0.3, 0.4) is 0 Å². The number of hydrogen-bond donors (Lipinski definition) is 1. The number of aryl methyl sites for hydroxylation is 1. The van der Waals surface area contributed by atoms with E-state index < -0.39 is 0 Å². The number of rotatable bonds is 2. The SMILES string of the molecule is Cc1cc(-c2noc(-c3ccc(Cl)c(N)c3)n2)ccc1F. The minimum absolute atomic E-state index is 0.270. The first-order valence-electron chi connectivity index (χ1n) is 6.20. The van der Waals surface area contributed by atoms with E-state index in [1.54, 1.807) is 37.3 Å². The summed E-state index contributed by atoms with van der Waals surface area (Å²) in [5, 5.41) is 4.37. The molecule has 0 radical (unpaired) electrons. The van der Waals surface area contributed by atoms with Crippen LogP contribution in [0.15, 0.2) is 40.9 Å². The van der Waals surface area contributed by atoms with Gasteiger partial charge in [-0.3, -0.25) is 0 Å². The molecule has 2 N–H and O–H groups in total. The maximum atomic E-state index is 13.3. The number of aromatic nitrogens is 2. The molecule has 4 nitrogen and oxygen atoms in total. The highest BCUT2D eigenvalue weighted by atomic mass is 35.5. The van der Waals surface area contributed by atoms with Crippen molar-refractivity contribution in [2.24, 2.45) is 0 Å². The molecule has 0 unspecified atom stereocenters. The van der Waals surface area contributed by atoms with Gasteiger partial charge in [0.2, 0.25) is 5.82 Å². The van der Waals surface area contributed by atoms with E-state index in [1.165, 1.54) is 6.07 Å².